The molecule has 1 aromatic heterocycles. The van der Waals surface area contributed by atoms with E-state index in [0.717, 1.165) is 36.8 Å². The number of benzene rings is 1. The molecule has 0 unspecified atom stereocenters. The number of fused-ring (bicyclic) bond motifs is 3. The number of hydrazine groups is 1. The number of H-pyrrole nitrogens is 1. The third-order valence-electron chi connectivity index (χ3n) is 3.81. The van der Waals surface area contributed by atoms with Crippen LogP contribution >= 0.6 is 0 Å². The monoisotopic (exact) mass is 258 g/mol. The number of nitrogens with one attached hydrogen (secondary N) is 2. The lowest BCUT2D eigenvalue weighted by molar-refractivity contribution is 0.0955. The highest BCUT2D eigenvalue weighted by Gasteiger charge is 2.22. The molecule has 2 aromatic rings. The predicted octanol–water partition coefficient (Wildman–Crippen LogP) is 1.54. The van der Waals surface area contributed by atoms with Crippen LogP contribution in [0.5, 0.6) is 0 Å². The summed E-state index contributed by atoms with van der Waals surface area (Å²) in [5.74, 6) is 4.99. The Kier molecular flexibility index (Phi) is 2.91. The van der Waals surface area contributed by atoms with Crippen LogP contribution in [0.2, 0.25) is 0 Å². The third-order valence-corrected chi connectivity index (χ3v) is 3.81. The Morgan fingerprint density at radius 2 is 2.37 bits per heavy atom. The van der Waals surface area contributed by atoms with Crippen molar-refractivity contribution in [1.29, 1.82) is 0 Å². The van der Waals surface area contributed by atoms with Crippen LogP contribution in [0.3, 0.4) is 0 Å². The molecule has 0 atom stereocenters. The summed E-state index contributed by atoms with van der Waals surface area (Å²) in [5.41, 5.74) is 6.16. The fourth-order valence-corrected chi connectivity index (χ4v) is 2.94. The van der Waals surface area contributed by atoms with Gasteiger partial charge in [-0.25, -0.2) is 5.84 Å². The van der Waals surface area contributed by atoms with Gasteiger partial charge in [0.2, 0.25) is 0 Å². The van der Waals surface area contributed by atoms with Crippen LogP contribution in [-0.4, -0.2) is 24.0 Å². The predicted molar refractivity (Wildman–Crippen MR) is 76.2 cm³/mol. The number of hydrogen-bond acceptors (Lipinski definition) is 3. The van der Waals surface area contributed by atoms with Gasteiger partial charge in [0.25, 0.3) is 5.91 Å². The molecule has 0 aliphatic carbocycles. The molecule has 19 heavy (non-hydrogen) atoms. The van der Waals surface area contributed by atoms with Crippen LogP contribution in [0.25, 0.3) is 10.9 Å². The van der Waals surface area contributed by atoms with Crippen LogP contribution in [0.15, 0.2) is 18.2 Å². The Labute approximate surface area is 111 Å². The summed E-state index contributed by atoms with van der Waals surface area (Å²) in [6.45, 7) is 4.21. The maximum Gasteiger partial charge on any atom is 0.267 e. The second kappa shape index (κ2) is 4.59. The van der Waals surface area contributed by atoms with E-state index in [0.29, 0.717) is 5.56 Å². The number of rotatable bonds is 2. The maximum atomic E-state index is 11.8. The Bertz CT molecular complexity index is 632. The van der Waals surface area contributed by atoms with Gasteiger partial charge in [-0.2, -0.15) is 0 Å². The zero-order valence-corrected chi connectivity index (χ0v) is 11.0. The van der Waals surface area contributed by atoms with Crippen molar-refractivity contribution < 1.29 is 4.79 Å². The second-order valence-corrected chi connectivity index (χ2v) is 4.84. The number of aromatic nitrogens is 1. The average Bonchev–Trinajstić information content (AvgIpc) is 2.84. The van der Waals surface area contributed by atoms with Crippen molar-refractivity contribution in [2.24, 2.45) is 5.84 Å². The standard InChI is InChI=1S/C14H18N4O/c1-2-18-8-4-7-11-13(18)9-5-3-6-10(12(9)16-11)14(19)17-15/h3,5-6,16H,2,4,7-8,15H2,1H3,(H,17,19). The minimum absolute atomic E-state index is 0.257. The SMILES string of the molecule is CCN1CCCc2[nH]c3c(C(=O)NN)cccc3c21. The molecule has 1 aliphatic rings. The average molecular weight is 258 g/mol. The van der Waals surface area contributed by atoms with Gasteiger partial charge >= 0.3 is 0 Å². The number of carbonyl (C=O) groups is 1. The molecule has 0 fully saturated rings. The van der Waals surface area contributed by atoms with Gasteiger partial charge in [-0.1, -0.05) is 12.1 Å². The lowest BCUT2D eigenvalue weighted by atomic mass is 10.1. The van der Waals surface area contributed by atoms with E-state index < -0.39 is 0 Å². The van der Waals surface area contributed by atoms with E-state index in [1.54, 1.807) is 6.07 Å². The van der Waals surface area contributed by atoms with Gasteiger partial charge < -0.3 is 9.88 Å². The fourth-order valence-electron chi connectivity index (χ4n) is 2.94. The fraction of sp³-hybridized carbons (Fsp3) is 0.357. The molecule has 4 N–H and O–H groups in total. The molecule has 0 saturated carbocycles. The van der Waals surface area contributed by atoms with Gasteiger partial charge in [-0.05, 0) is 25.8 Å². The van der Waals surface area contributed by atoms with Gasteiger partial charge in [0, 0.05) is 24.2 Å². The third kappa shape index (κ3) is 1.77. The molecule has 0 saturated heterocycles. The lowest BCUT2D eigenvalue weighted by Crippen LogP contribution is -2.30. The van der Waals surface area contributed by atoms with E-state index in [4.69, 9.17) is 5.84 Å². The highest BCUT2D eigenvalue weighted by Crippen LogP contribution is 2.36. The maximum absolute atomic E-state index is 11.8. The number of carbonyl (C=O) groups excluding carboxylic acids is 1. The molecule has 1 amide bonds. The molecule has 1 aromatic carbocycles. The highest BCUT2D eigenvalue weighted by atomic mass is 16.2. The Morgan fingerprint density at radius 1 is 1.53 bits per heavy atom. The topological polar surface area (TPSA) is 74.2 Å². The summed E-state index contributed by atoms with van der Waals surface area (Å²) in [4.78, 5) is 17.6. The number of para-hydroxylation sites is 1. The first-order valence-electron chi connectivity index (χ1n) is 6.65. The number of nitrogens with two attached hydrogens (primary N) is 1. The number of anilines is 1. The van der Waals surface area contributed by atoms with Crippen molar-refractivity contribution in [3.8, 4) is 0 Å². The van der Waals surface area contributed by atoms with Gasteiger partial charge in [-0.3, -0.25) is 10.2 Å². The number of amides is 1. The van der Waals surface area contributed by atoms with Gasteiger partial charge in [0.15, 0.2) is 0 Å². The summed E-state index contributed by atoms with van der Waals surface area (Å²) in [5, 5.41) is 1.11. The van der Waals surface area contributed by atoms with E-state index in [-0.39, 0.29) is 5.91 Å². The van der Waals surface area contributed by atoms with E-state index in [1.807, 2.05) is 6.07 Å². The molecule has 5 heteroatoms. The van der Waals surface area contributed by atoms with Gasteiger partial charge in [0.1, 0.15) is 0 Å². The van der Waals surface area contributed by atoms with E-state index >= 15 is 0 Å². The van der Waals surface area contributed by atoms with E-state index in [9.17, 15) is 4.79 Å². The van der Waals surface area contributed by atoms with Crippen LogP contribution in [0, 0.1) is 0 Å². The Balaban J connectivity index is 2.25. The number of nitrogen functional groups attached to an aromatic ring is 1. The number of aromatic amines is 1. The molecule has 2 heterocycles. The molecular weight excluding hydrogens is 240 g/mol. The summed E-state index contributed by atoms with van der Waals surface area (Å²) >= 11 is 0. The summed E-state index contributed by atoms with van der Waals surface area (Å²) in [6.07, 6.45) is 2.18. The number of hydrogen-bond donors (Lipinski definition) is 3. The highest BCUT2D eigenvalue weighted by molar-refractivity contribution is 6.09. The van der Waals surface area contributed by atoms with Crippen molar-refractivity contribution in [1.82, 2.24) is 10.4 Å². The van der Waals surface area contributed by atoms with Crippen molar-refractivity contribution >= 4 is 22.5 Å². The largest absolute Gasteiger partial charge is 0.370 e. The molecule has 0 radical (unpaired) electrons. The first kappa shape index (κ1) is 12.0. The molecule has 3 rings (SSSR count). The van der Waals surface area contributed by atoms with Crippen LogP contribution in [0.4, 0.5) is 5.69 Å². The molecular formula is C14H18N4O. The molecule has 100 valence electrons. The smallest absolute Gasteiger partial charge is 0.267 e. The normalized spacial score (nSPS) is 14.5. The van der Waals surface area contributed by atoms with Crippen molar-refractivity contribution in [3.63, 3.8) is 0 Å². The van der Waals surface area contributed by atoms with Gasteiger partial charge in [0.05, 0.1) is 16.8 Å². The molecule has 0 bridgehead atoms. The lowest BCUT2D eigenvalue weighted by Gasteiger charge is -2.28. The minimum atomic E-state index is -0.257. The number of aryl methyl sites for hydroxylation is 1. The summed E-state index contributed by atoms with van der Waals surface area (Å²) in [7, 11) is 0. The molecule has 5 nitrogen and oxygen atoms in total. The first-order chi connectivity index (χ1) is 9.26. The Hall–Kier alpha value is -2.01. The summed E-state index contributed by atoms with van der Waals surface area (Å²) < 4.78 is 0. The number of nitrogens with zero attached hydrogens (tertiary/aromatic N) is 1. The molecule has 1 aliphatic heterocycles. The van der Waals surface area contributed by atoms with Crippen molar-refractivity contribution in [3.05, 3.63) is 29.5 Å². The minimum Gasteiger partial charge on any atom is -0.370 e. The van der Waals surface area contributed by atoms with Crippen LogP contribution in [-0.2, 0) is 6.42 Å². The van der Waals surface area contributed by atoms with Crippen LogP contribution < -0.4 is 16.2 Å². The van der Waals surface area contributed by atoms with Gasteiger partial charge in [-0.15, -0.1) is 0 Å². The Morgan fingerprint density at radius 3 is 3.11 bits per heavy atom. The zero-order valence-electron chi connectivity index (χ0n) is 11.0. The van der Waals surface area contributed by atoms with Crippen LogP contribution in [0.1, 0.15) is 29.4 Å². The quantitative estimate of drug-likeness (QED) is 0.434. The second-order valence-electron chi connectivity index (χ2n) is 4.84. The first-order valence-corrected chi connectivity index (χ1v) is 6.65. The van der Waals surface area contributed by atoms with Crippen molar-refractivity contribution in [2.45, 2.75) is 19.8 Å². The zero-order chi connectivity index (χ0) is 13.4. The van der Waals surface area contributed by atoms with E-state index in [1.165, 1.54) is 11.4 Å². The van der Waals surface area contributed by atoms with Crippen molar-refractivity contribution in [2.75, 3.05) is 18.0 Å². The van der Waals surface area contributed by atoms with E-state index in [2.05, 4.69) is 28.3 Å². The summed E-state index contributed by atoms with van der Waals surface area (Å²) in [6, 6.07) is 5.76. The molecule has 0 spiro atoms.